The van der Waals surface area contributed by atoms with Crippen LogP contribution < -0.4 is 10.0 Å². The van der Waals surface area contributed by atoms with Crippen molar-refractivity contribution in [2.75, 3.05) is 13.2 Å². The summed E-state index contributed by atoms with van der Waals surface area (Å²) in [5.74, 6) is -0.942. The second-order valence-corrected chi connectivity index (χ2v) is 8.38. The third kappa shape index (κ3) is 5.17. The van der Waals surface area contributed by atoms with Gasteiger partial charge in [0.2, 0.25) is 11.6 Å². The van der Waals surface area contributed by atoms with Crippen LogP contribution in [0.25, 0.3) is 0 Å². The first-order chi connectivity index (χ1) is 15.0. The van der Waals surface area contributed by atoms with Crippen molar-refractivity contribution in [3.05, 3.63) is 90.0 Å². The number of ketones is 2. The Morgan fingerprint density at radius 3 is 1.90 bits per heavy atom. The molecular weight excluding hydrogens is 415 g/mol. The molecule has 0 spiro atoms. The number of rotatable bonds is 10. The minimum absolute atomic E-state index is 0.0585. The van der Waals surface area contributed by atoms with Gasteiger partial charge in [-0.3, -0.25) is 14.2 Å². The van der Waals surface area contributed by atoms with E-state index in [1.165, 1.54) is 6.07 Å². The first-order valence-corrected chi connectivity index (χ1v) is 11.4. The van der Waals surface area contributed by atoms with E-state index in [4.69, 9.17) is 13.8 Å². The number of benzene rings is 3. The fourth-order valence-corrected chi connectivity index (χ4v) is 4.91. The highest BCUT2D eigenvalue weighted by molar-refractivity contribution is 7.62. The van der Waals surface area contributed by atoms with E-state index in [2.05, 4.69) is 0 Å². The van der Waals surface area contributed by atoms with E-state index in [1.54, 1.807) is 80.6 Å². The van der Waals surface area contributed by atoms with Gasteiger partial charge in [0.15, 0.2) is 0 Å². The minimum Gasteiger partial charge on any atom is -0.456 e. The molecule has 0 saturated carbocycles. The molecular formula is C24H23O6P. The number of ether oxygens (including phenoxy) is 1. The Balaban J connectivity index is 2.16. The molecule has 3 rings (SSSR count). The lowest BCUT2D eigenvalue weighted by Gasteiger charge is -2.22. The quantitative estimate of drug-likeness (QED) is 0.238. The number of hydrogen-bond acceptors (Lipinski definition) is 6. The molecule has 0 aliphatic carbocycles. The van der Waals surface area contributed by atoms with Gasteiger partial charge in [0.1, 0.15) is 16.8 Å². The summed E-state index contributed by atoms with van der Waals surface area (Å²) in [5.41, 5.74) is 0.156. The lowest BCUT2D eigenvalue weighted by Crippen LogP contribution is -2.25. The lowest BCUT2D eigenvalue weighted by atomic mass is 10.0. The van der Waals surface area contributed by atoms with Gasteiger partial charge in [0.25, 0.3) is 0 Å². The molecule has 0 aromatic heterocycles. The van der Waals surface area contributed by atoms with Crippen molar-refractivity contribution in [2.45, 2.75) is 13.8 Å². The topological polar surface area (TPSA) is 78.9 Å². The fourth-order valence-electron chi connectivity index (χ4n) is 3.04. The fraction of sp³-hybridized carbons (Fsp3) is 0.167. The van der Waals surface area contributed by atoms with Crippen molar-refractivity contribution >= 4 is 24.5 Å². The molecule has 0 aliphatic rings. The van der Waals surface area contributed by atoms with Crippen molar-refractivity contribution in [3.8, 4) is 11.5 Å². The van der Waals surface area contributed by atoms with Crippen LogP contribution in [0.5, 0.6) is 11.5 Å². The Labute approximate surface area is 181 Å². The molecule has 0 N–H and O–H groups in total. The molecule has 0 aliphatic heterocycles. The highest BCUT2D eigenvalue weighted by atomic mass is 31.2. The standard InChI is InChI=1S/C24H23O6P/c1-3-28-31(27,29-4-2)24-20(23(26)22(25)18-12-7-5-8-13-18)16-11-17-21(24)30-19-14-9-6-10-15-19/h5-17H,3-4H2,1-2H3. The van der Waals surface area contributed by atoms with Crippen LogP contribution in [0.15, 0.2) is 78.9 Å². The van der Waals surface area contributed by atoms with Crippen molar-refractivity contribution in [2.24, 2.45) is 0 Å². The molecule has 0 saturated heterocycles. The van der Waals surface area contributed by atoms with Gasteiger partial charge in [0, 0.05) is 11.1 Å². The van der Waals surface area contributed by atoms with Crippen molar-refractivity contribution < 1.29 is 27.9 Å². The van der Waals surface area contributed by atoms with E-state index in [1.807, 2.05) is 6.07 Å². The smallest absolute Gasteiger partial charge is 0.365 e. The van der Waals surface area contributed by atoms with E-state index >= 15 is 0 Å². The van der Waals surface area contributed by atoms with Gasteiger partial charge in [-0.05, 0) is 38.1 Å². The molecule has 3 aromatic carbocycles. The largest absolute Gasteiger partial charge is 0.456 e. The average Bonchev–Trinajstić information content (AvgIpc) is 2.79. The van der Waals surface area contributed by atoms with Crippen molar-refractivity contribution in [3.63, 3.8) is 0 Å². The molecule has 7 heteroatoms. The van der Waals surface area contributed by atoms with Crippen molar-refractivity contribution in [1.82, 2.24) is 0 Å². The van der Waals surface area contributed by atoms with Gasteiger partial charge in [-0.25, -0.2) is 0 Å². The second-order valence-electron chi connectivity index (χ2n) is 6.42. The summed E-state index contributed by atoms with van der Waals surface area (Å²) in [5, 5.41) is -0.0585. The molecule has 0 bridgehead atoms. The van der Waals surface area contributed by atoms with Gasteiger partial charge in [0.05, 0.1) is 13.2 Å². The number of Topliss-reactive ketones (excluding diaryl/α,β-unsaturated/α-hetero) is 2. The van der Waals surface area contributed by atoms with E-state index in [9.17, 15) is 14.2 Å². The molecule has 0 radical (unpaired) electrons. The Bertz CT molecular complexity index is 1090. The first kappa shape index (κ1) is 22.6. The zero-order chi connectivity index (χ0) is 22.3. The molecule has 0 fully saturated rings. The maximum atomic E-state index is 13.7. The molecule has 3 aromatic rings. The number of carbonyl (C=O) groups excluding carboxylic acids is 2. The SMILES string of the molecule is CCOP(=O)(OCC)c1c(Oc2ccccc2)cccc1C(=O)C(=O)c1ccccc1. The summed E-state index contributed by atoms with van der Waals surface area (Å²) in [4.78, 5) is 26.0. The summed E-state index contributed by atoms with van der Waals surface area (Å²) in [6.45, 7) is 3.50. The van der Waals surface area contributed by atoms with Gasteiger partial charge in [-0.1, -0.05) is 54.6 Å². The average molecular weight is 438 g/mol. The predicted molar refractivity (Wildman–Crippen MR) is 119 cm³/mol. The zero-order valence-corrected chi connectivity index (χ0v) is 18.2. The summed E-state index contributed by atoms with van der Waals surface area (Å²) < 4.78 is 30.7. The van der Waals surface area contributed by atoms with Gasteiger partial charge in [-0.2, -0.15) is 0 Å². The highest BCUT2D eigenvalue weighted by Gasteiger charge is 2.37. The summed E-state index contributed by atoms with van der Waals surface area (Å²) >= 11 is 0. The van der Waals surface area contributed by atoms with E-state index < -0.39 is 19.2 Å². The Hall–Kier alpha value is -3.05. The molecule has 0 unspecified atom stereocenters. The normalized spacial score (nSPS) is 11.2. The van der Waals surface area contributed by atoms with Crippen molar-refractivity contribution in [1.29, 1.82) is 0 Å². The molecule has 6 nitrogen and oxygen atoms in total. The van der Waals surface area contributed by atoms with Crippen LogP contribution >= 0.6 is 7.60 Å². The van der Waals surface area contributed by atoms with Gasteiger partial charge in [-0.15, -0.1) is 0 Å². The maximum Gasteiger partial charge on any atom is 0.365 e. The summed E-state index contributed by atoms with van der Waals surface area (Å²) in [7, 11) is -3.97. The molecule has 31 heavy (non-hydrogen) atoms. The van der Waals surface area contributed by atoms with E-state index in [0.717, 1.165) is 0 Å². The van der Waals surface area contributed by atoms with Crippen LogP contribution in [-0.2, 0) is 13.6 Å². The maximum absolute atomic E-state index is 13.7. The Morgan fingerprint density at radius 1 is 0.742 bits per heavy atom. The molecule has 0 atom stereocenters. The van der Waals surface area contributed by atoms with Crippen LogP contribution in [0.2, 0.25) is 0 Å². The zero-order valence-electron chi connectivity index (χ0n) is 17.3. The van der Waals surface area contributed by atoms with Crippen LogP contribution in [0, 0.1) is 0 Å². The second kappa shape index (κ2) is 10.3. The molecule has 0 heterocycles. The monoisotopic (exact) mass is 438 g/mol. The van der Waals surface area contributed by atoms with Crippen LogP contribution in [0.4, 0.5) is 0 Å². The number of para-hydroxylation sites is 1. The summed E-state index contributed by atoms with van der Waals surface area (Å²) in [6.07, 6.45) is 0. The third-order valence-electron chi connectivity index (χ3n) is 4.33. The third-order valence-corrected chi connectivity index (χ3v) is 6.53. The molecule has 0 amide bonds. The van der Waals surface area contributed by atoms with Gasteiger partial charge >= 0.3 is 7.60 Å². The van der Waals surface area contributed by atoms with Crippen LogP contribution in [0.3, 0.4) is 0 Å². The first-order valence-electron chi connectivity index (χ1n) is 9.89. The highest BCUT2D eigenvalue weighted by Crippen LogP contribution is 2.50. The molecule has 160 valence electrons. The number of carbonyl (C=O) groups is 2. The number of hydrogen-bond donors (Lipinski definition) is 0. The summed E-state index contributed by atoms with van der Waals surface area (Å²) in [6, 6.07) is 21.6. The Morgan fingerprint density at radius 2 is 1.32 bits per heavy atom. The van der Waals surface area contributed by atoms with E-state index in [-0.39, 0.29) is 35.4 Å². The van der Waals surface area contributed by atoms with Crippen LogP contribution in [-0.4, -0.2) is 24.8 Å². The lowest BCUT2D eigenvalue weighted by molar-refractivity contribution is 0.0817. The Kier molecular flexibility index (Phi) is 7.53. The van der Waals surface area contributed by atoms with Crippen LogP contribution in [0.1, 0.15) is 34.6 Å². The predicted octanol–water partition coefficient (Wildman–Crippen LogP) is 5.44. The van der Waals surface area contributed by atoms with E-state index in [0.29, 0.717) is 5.75 Å². The van der Waals surface area contributed by atoms with Gasteiger partial charge < -0.3 is 13.8 Å². The minimum atomic E-state index is -3.97.